The second-order valence-corrected chi connectivity index (χ2v) is 5.24. The fourth-order valence-electron chi connectivity index (χ4n) is 2.86. The first-order valence-corrected chi connectivity index (χ1v) is 7.49. The summed E-state index contributed by atoms with van der Waals surface area (Å²) in [4.78, 5) is 14.4. The molecule has 0 aliphatic carbocycles. The van der Waals surface area contributed by atoms with E-state index in [0.29, 0.717) is 6.61 Å². The van der Waals surface area contributed by atoms with E-state index < -0.39 is 0 Å². The van der Waals surface area contributed by atoms with Crippen LogP contribution in [0.5, 0.6) is 0 Å². The van der Waals surface area contributed by atoms with E-state index in [9.17, 15) is 4.79 Å². The number of hydrogen-bond acceptors (Lipinski definition) is 4. The molecular formula is C16H24N2O2. The van der Waals surface area contributed by atoms with Gasteiger partial charge in [0.25, 0.3) is 0 Å². The summed E-state index contributed by atoms with van der Waals surface area (Å²) < 4.78 is 5.24. The Balaban J connectivity index is 2.30. The van der Waals surface area contributed by atoms with Crippen LogP contribution in [0.2, 0.25) is 0 Å². The van der Waals surface area contributed by atoms with E-state index in [1.54, 1.807) is 0 Å². The SMILES string of the molecule is CCCC(C(=O)OCC)N1CCCc2ccc(N)cc21. The minimum Gasteiger partial charge on any atom is -0.464 e. The number of carbonyl (C=O) groups excluding carboxylic acids is 1. The number of aryl methyl sites for hydroxylation is 1. The highest BCUT2D eigenvalue weighted by Crippen LogP contribution is 2.32. The van der Waals surface area contributed by atoms with Gasteiger partial charge in [-0.2, -0.15) is 0 Å². The molecule has 1 atom stereocenters. The molecule has 0 radical (unpaired) electrons. The number of carbonyl (C=O) groups is 1. The van der Waals surface area contributed by atoms with Crippen molar-refractivity contribution in [3.63, 3.8) is 0 Å². The molecule has 0 saturated carbocycles. The van der Waals surface area contributed by atoms with Crippen LogP contribution in [0.1, 0.15) is 38.7 Å². The lowest BCUT2D eigenvalue weighted by atomic mass is 9.98. The first kappa shape index (κ1) is 14.7. The summed E-state index contributed by atoms with van der Waals surface area (Å²) in [6.45, 7) is 5.26. The zero-order valence-corrected chi connectivity index (χ0v) is 12.4. The minimum absolute atomic E-state index is 0.121. The fraction of sp³-hybridized carbons (Fsp3) is 0.562. The highest BCUT2D eigenvalue weighted by molar-refractivity contribution is 5.81. The third-order valence-electron chi connectivity index (χ3n) is 3.76. The summed E-state index contributed by atoms with van der Waals surface area (Å²) in [5, 5.41) is 0. The van der Waals surface area contributed by atoms with Crippen LogP contribution in [0, 0.1) is 0 Å². The van der Waals surface area contributed by atoms with Crippen LogP contribution in [0.15, 0.2) is 18.2 Å². The molecule has 2 rings (SSSR count). The van der Waals surface area contributed by atoms with Crippen molar-refractivity contribution in [2.24, 2.45) is 0 Å². The Morgan fingerprint density at radius 2 is 2.25 bits per heavy atom. The second-order valence-electron chi connectivity index (χ2n) is 5.24. The van der Waals surface area contributed by atoms with Crippen LogP contribution in [0.25, 0.3) is 0 Å². The van der Waals surface area contributed by atoms with E-state index in [1.165, 1.54) is 5.56 Å². The molecule has 0 bridgehead atoms. The van der Waals surface area contributed by atoms with Gasteiger partial charge in [-0.05, 0) is 43.9 Å². The third-order valence-corrected chi connectivity index (χ3v) is 3.76. The number of rotatable bonds is 5. The maximum Gasteiger partial charge on any atom is 0.328 e. The number of nitrogens with zero attached hydrogens (tertiary/aromatic N) is 1. The maximum atomic E-state index is 12.2. The van der Waals surface area contributed by atoms with E-state index >= 15 is 0 Å². The summed E-state index contributed by atoms with van der Waals surface area (Å²) in [5.41, 5.74) is 9.03. The largest absolute Gasteiger partial charge is 0.464 e. The number of ether oxygens (including phenoxy) is 1. The quantitative estimate of drug-likeness (QED) is 0.663. The Bertz CT molecular complexity index is 474. The van der Waals surface area contributed by atoms with Crippen molar-refractivity contribution < 1.29 is 9.53 Å². The Labute approximate surface area is 120 Å². The molecule has 4 heteroatoms. The van der Waals surface area contributed by atoms with Gasteiger partial charge in [0.2, 0.25) is 0 Å². The Morgan fingerprint density at radius 3 is 2.95 bits per heavy atom. The van der Waals surface area contributed by atoms with Gasteiger partial charge in [-0.15, -0.1) is 0 Å². The molecule has 0 fully saturated rings. The lowest BCUT2D eigenvalue weighted by molar-refractivity contribution is -0.145. The van der Waals surface area contributed by atoms with Gasteiger partial charge in [0.15, 0.2) is 0 Å². The summed E-state index contributed by atoms with van der Waals surface area (Å²) >= 11 is 0. The average molecular weight is 276 g/mol. The molecule has 0 aromatic heterocycles. The molecule has 1 aliphatic rings. The van der Waals surface area contributed by atoms with E-state index in [0.717, 1.165) is 43.6 Å². The van der Waals surface area contributed by atoms with Gasteiger partial charge >= 0.3 is 5.97 Å². The molecule has 110 valence electrons. The fourth-order valence-corrected chi connectivity index (χ4v) is 2.86. The van der Waals surface area contributed by atoms with Crippen LogP contribution in [-0.2, 0) is 16.0 Å². The predicted molar refractivity (Wildman–Crippen MR) is 81.9 cm³/mol. The van der Waals surface area contributed by atoms with Crippen molar-refractivity contribution >= 4 is 17.3 Å². The van der Waals surface area contributed by atoms with E-state index in [1.807, 2.05) is 19.1 Å². The normalized spacial score (nSPS) is 15.6. The molecule has 4 nitrogen and oxygen atoms in total. The Kier molecular flexibility index (Phi) is 4.88. The highest BCUT2D eigenvalue weighted by atomic mass is 16.5. The minimum atomic E-state index is -0.194. The summed E-state index contributed by atoms with van der Waals surface area (Å²) in [7, 11) is 0. The molecule has 0 saturated heterocycles. The number of nitrogen functional groups attached to an aromatic ring is 1. The molecule has 0 amide bonds. The van der Waals surface area contributed by atoms with Crippen molar-refractivity contribution in [1.82, 2.24) is 0 Å². The van der Waals surface area contributed by atoms with Crippen molar-refractivity contribution in [2.75, 3.05) is 23.8 Å². The summed E-state index contributed by atoms with van der Waals surface area (Å²) in [6.07, 6.45) is 3.88. The monoisotopic (exact) mass is 276 g/mol. The van der Waals surface area contributed by atoms with Crippen molar-refractivity contribution in [3.8, 4) is 0 Å². The molecule has 20 heavy (non-hydrogen) atoms. The molecule has 2 N–H and O–H groups in total. The van der Waals surface area contributed by atoms with Crippen LogP contribution < -0.4 is 10.6 Å². The summed E-state index contributed by atoms with van der Waals surface area (Å²) in [6, 6.07) is 5.80. The highest BCUT2D eigenvalue weighted by Gasteiger charge is 2.29. The average Bonchev–Trinajstić information content (AvgIpc) is 2.44. The molecular weight excluding hydrogens is 252 g/mol. The molecule has 1 unspecified atom stereocenters. The van der Waals surface area contributed by atoms with Crippen molar-refractivity contribution in [3.05, 3.63) is 23.8 Å². The van der Waals surface area contributed by atoms with Crippen LogP contribution in [0.4, 0.5) is 11.4 Å². The van der Waals surface area contributed by atoms with Gasteiger partial charge in [-0.25, -0.2) is 4.79 Å². The Morgan fingerprint density at radius 1 is 1.45 bits per heavy atom. The topological polar surface area (TPSA) is 55.6 Å². The number of nitrogens with two attached hydrogens (primary N) is 1. The standard InChI is InChI=1S/C16H24N2O2/c1-3-6-14(16(19)20-4-2)18-10-5-7-12-8-9-13(17)11-15(12)18/h8-9,11,14H,3-7,10,17H2,1-2H3. The summed E-state index contributed by atoms with van der Waals surface area (Å²) in [5.74, 6) is -0.121. The first-order chi connectivity index (χ1) is 9.67. The van der Waals surface area contributed by atoms with Crippen LogP contribution >= 0.6 is 0 Å². The van der Waals surface area contributed by atoms with Gasteiger partial charge in [-0.3, -0.25) is 0 Å². The van der Waals surface area contributed by atoms with Crippen LogP contribution in [0.3, 0.4) is 0 Å². The number of fused-ring (bicyclic) bond motifs is 1. The molecule has 0 spiro atoms. The van der Waals surface area contributed by atoms with Gasteiger partial charge in [0, 0.05) is 17.9 Å². The number of hydrogen-bond donors (Lipinski definition) is 1. The number of esters is 1. The molecule has 1 aromatic carbocycles. The van der Waals surface area contributed by atoms with E-state index in [2.05, 4.69) is 17.9 Å². The van der Waals surface area contributed by atoms with E-state index in [4.69, 9.17) is 10.5 Å². The lowest BCUT2D eigenvalue weighted by Gasteiger charge is -2.36. The molecule has 1 heterocycles. The molecule has 1 aliphatic heterocycles. The number of benzene rings is 1. The zero-order chi connectivity index (χ0) is 14.5. The zero-order valence-electron chi connectivity index (χ0n) is 12.4. The molecule has 1 aromatic rings. The maximum absolute atomic E-state index is 12.2. The predicted octanol–water partition coefficient (Wildman–Crippen LogP) is 2.75. The van der Waals surface area contributed by atoms with Gasteiger partial charge in [0.05, 0.1) is 6.61 Å². The van der Waals surface area contributed by atoms with Gasteiger partial charge in [-0.1, -0.05) is 19.4 Å². The number of anilines is 2. The van der Waals surface area contributed by atoms with Crippen molar-refractivity contribution in [2.45, 2.75) is 45.6 Å². The Hall–Kier alpha value is -1.71. The van der Waals surface area contributed by atoms with Crippen LogP contribution in [-0.4, -0.2) is 25.2 Å². The smallest absolute Gasteiger partial charge is 0.328 e. The lowest BCUT2D eigenvalue weighted by Crippen LogP contribution is -2.45. The second kappa shape index (κ2) is 6.64. The van der Waals surface area contributed by atoms with E-state index in [-0.39, 0.29) is 12.0 Å². The van der Waals surface area contributed by atoms with Gasteiger partial charge < -0.3 is 15.4 Å². The third kappa shape index (κ3) is 3.06. The first-order valence-electron chi connectivity index (χ1n) is 7.49. The van der Waals surface area contributed by atoms with Gasteiger partial charge in [0.1, 0.15) is 6.04 Å². The van der Waals surface area contributed by atoms with Crippen molar-refractivity contribution in [1.29, 1.82) is 0 Å².